The summed E-state index contributed by atoms with van der Waals surface area (Å²) in [5.74, 6) is 0.740. The maximum atomic E-state index is 12.5. The number of benzene rings is 1. The van der Waals surface area contributed by atoms with Crippen molar-refractivity contribution < 1.29 is 14.3 Å². The maximum Gasteiger partial charge on any atom is 0.324 e. The summed E-state index contributed by atoms with van der Waals surface area (Å²) in [6.45, 7) is 6.62. The lowest BCUT2D eigenvalue weighted by atomic mass is 9.74. The average Bonchev–Trinajstić information content (AvgIpc) is 2.61. The molecule has 1 heterocycles. The van der Waals surface area contributed by atoms with Crippen LogP contribution in [0.4, 0.5) is 4.79 Å². The van der Waals surface area contributed by atoms with Crippen LogP contribution in [0.25, 0.3) is 0 Å². The molecule has 5 nitrogen and oxygen atoms in total. The normalized spacial score (nSPS) is 17.2. The van der Waals surface area contributed by atoms with E-state index in [2.05, 4.69) is 12.2 Å². The number of urea groups is 1. The Morgan fingerprint density at radius 1 is 1.25 bits per heavy atom. The molecule has 0 aliphatic carbocycles. The van der Waals surface area contributed by atoms with Crippen molar-refractivity contribution in [1.29, 1.82) is 0 Å². The summed E-state index contributed by atoms with van der Waals surface area (Å²) in [7, 11) is 1.63. The van der Waals surface area contributed by atoms with E-state index in [0.29, 0.717) is 6.54 Å². The number of ether oxygens (including phenoxy) is 1. The van der Waals surface area contributed by atoms with E-state index in [0.717, 1.165) is 37.0 Å². The first kappa shape index (κ1) is 18.3. The molecule has 1 N–H and O–H groups in total. The van der Waals surface area contributed by atoms with E-state index in [-0.39, 0.29) is 23.4 Å². The van der Waals surface area contributed by atoms with Crippen LogP contribution >= 0.6 is 0 Å². The van der Waals surface area contributed by atoms with E-state index in [4.69, 9.17) is 4.74 Å². The molecule has 132 valence electrons. The number of hydrogen-bond donors (Lipinski definition) is 1. The first-order valence-electron chi connectivity index (χ1n) is 8.77. The molecule has 1 aromatic carbocycles. The Balaban J connectivity index is 2.05. The van der Waals surface area contributed by atoms with Crippen LogP contribution in [0.3, 0.4) is 0 Å². The minimum absolute atomic E-state index is 0.0463. The number of hydrogen-bond acceptors (Lipinski definition) is 3. The highest BCUT2D eigenvalue weighted by Gasteiger charge is 2.52. The highest BCUT2D eigenvalue weighted by Crippen LogP contribution is 2.38. The Morgan fingerprint density at radius 2 is 1.88 bits per heavy atom. The molecule has 1 aliphatic rings. The van der Waals surface area contributed by atoms with Gasteiger partial charge in [-0.1, -0.05) is 39.3 Å². The number of imide groups is 1. The Labute approximate surface area is 144 Å². The van der Waals surface area contributed by atoms with Crippen LogP contribution in [0, 0.1) is 5.41 Å². The van der Waals surface area contributed by atoms with Crippen LogP contribution in [0.15, 0.2) is 24.3 Å². The Morgan fingerprint density at radius 3 is 2.33 bits per heavy atom. The van der Waals surface area contributed by atoms with Crippen molar-refractivity contribution in [2.75, 3.05) is 13.7 Å². The fourth-order valence-electron chi connectivity index (χ4n) is 3.25. The van der Waals surface area contributed by atoms with Crippen LogP contribution in [0.1, 0.15) is 58.1 Å². The first-order chi connectivity index (χ1) is 11.5. The van der Waals surface area contributed by atoms with Gasteiger partial charge in [-0.15, -0.1) is 0 Å². The molecule has 24 heavy (non-hydrogen) atoms. The number of β-lactam (4-membered cyclic amide) rings is 1. The molecule has 1 aliphatic heterocycles. The third kappa shape index (κ3) is 3.40. The van der Waals surface area contributed by atoms with Crippen molar-refractivity contribution in [2.24, 2.45) is 5.41 Å². The topological polar surface area (TPSA) is 58.6 Å². The molecule has 1 atom stereocenters. The summed E-state index contributed by atoms with van der Waals surface area (Å²) in [5.41, 5.74) is 0.689. The molecule has 5 heteroatoms. The number of likely N-dealkylation sites (tertiary alicyclic amines) is 1. The fourth-order valence-corrected chi connectivity index (χ4v) is 3.25. The highest BCUT2D eigenvalue weighted by atomic mass is 16.5. The quantitative estimate of drug-likeness (QED) is 0.771. The van der Waals surface area contributed by atoms with Gasteiger partial charge in [-0.3, -0.25) is 9.69 Å². The van der Waals surface area contributed by atoms with Crippen molar-refractivity contribution in [2.45, 2.75) is 52.5 Å². The molecule has 0 aromatic heterocycles. The van der Waals surface area contributed by atoms with Gasteiger partial charge < -0.3 is 10.1 Å². The second-order valence-electron chi connectivity index (χ2n) is 6.44. The van der Waals surface area contributed by atoms with E-state index in [1.165, 1.54) is 4.90 Å². The SMILES string of the molecule is CCCC(NC(=O)N1CC(CC)(CC)C1=O)c1ccc(OC)cc1. The molecule has 0 spiro atoms. The first-order valence-corrected chi connectivity index (χ1v) is 8.77. The average molecular weight is 332 g/mol. The van der Waals surface area contributed by atoms with Crippen molar-refractivity contribution in [3.05, 3.63) is 29.8 Å². The molecule has 1 unspecified atom stereocenters. The monoisotopic (exact) mass is 332 g/mol. The van der Waals surface area contributed by atoms with Crippen LogP contribution in [-0.4, -0.2) is 30.5 Å². The zero-order chi connectivity index (χ0) is 17.7. The molecule has 3 amide bonds. The van der Waals surface area contributed by atoms with Crippen LogP contribution in [0.5, 0.6) is 5.75 Å². The summed E-state index contributed by atoms with van der Waals surface area (Å²) in [6, 6.07) is 7.31. The molecule has 1 fully saturated rings. The lowest BCUT2D eigenvalue weighted by Gasteiger charge is -2.47. The highest BCUT2D eigenvalue weighted by molar-refractivity contribution is 6.02. The standard InChI is InChI=1S/C19H28N2O3/c1-5-8-16(14-9-11-15(24-4)12-10-14)20-18(23)21-13-19(6-2,7-3)17(21)22/h9-12,16H,5-8,13H2,1-4H3,(H,20,23). The predicted molar refractivity (Wildman–Crippen MR) is 93.9 cm³/mol. The lowest BCUT2D eigenvalue weighted by molar-refractivity contribution is -0.155. The fraction of sp³-hybridized carbons (Fsp3) is 0.579. The van der Waals surface area contributed by atoms with Gasteiger partial charge in [-0.05, 0) is 37.0 Å². The number of nitrogens with zero attached hydrogens (tertiary/aromatic N) is 1. The van der Waals surface area contributed by atoms with Gasteiger partial charge in [-0.25, -0.2) is 4.79 Å². The largest absolute Gasteiger partial charge is 0.497 e. The molecular weight excluding hydrogens is 304 g/mol. The van der Waals surface area contributed by atoms with Crippen LogP contribution in [-0.2, 0) is 4.79 Å². The van der Waals surface area contributed by atoms with Gasteiger partial charge in [0.25, 0.3) is 0 Å². The van der Waals surface area contributed by atoms with Gasteiger partial charge in [0.2, 0.25) is 5.91 Å². The van der Waals surface area contributed by atoms with Gasteiger partial charge in [0.1, 0.15) is 5.75 Å². The van der Waals surface area contributed by atoms with E-state index in [1.807, 2.05) is 38.1 Å². The van der Waals surface area contributed by atoms with Crippen molar-refractivity contribution in [3.63, 3.8) is 0 Å². The van der Waals surface area contributed by atoms with E-state index < -0.39 is 0 Å². The second-order valence-corrected chi connectivity index (χ2v) is 6.44. The number of rotatable bonds is 7. The van der Waals surface area contributed by atoms with Crippen molar-refractivity contribution in [1.82, 2.24) is 10.2 Å². The Hall–Kier alpha value is -2.04. The minimum Gasteiger partial charge on any atom is -0.497 e. The molecule has 0 saturated carbocycles. The number of amides is 3. The number of nitrogens with one attached hydrogen (secondary N) is 1. The van der Waals surface area contributed by atoms with Crippen LogP contribution in [0.2, 0.25) is 0 Å². The zero-order valence-electron chi connectivity index (χ0n) is 15.1. The van der Waals surface area contributed by atoms with Gasteiger partial charge in [0.15, 0.2) is 0 Å². The van der Waals surface area contributed by atoms with Gasteiger partial charge >= 0.3 is 6.03 Å². The third-order valence-electron chi connectivity index (χ3n) is 5.15. The number of carbonyl (C=O) groups is 2. The third-order valence-corrected chi connectivity index (χ3v) is 5.15. The van der Waals surface area contributed by atoms with Gasteiger partial charge in [-0.2, -0.15) is 0 Å². The van der Waals surface area contributed by atoms with Gasteiger partial charge in [0.05, 0.1) is 18.6 Å². The molecule has 1 aromatic rings. The van der Waals surface area contributed by atoms with E-state index >= 15 is 0 Å². The molecule has 2 rings (SSSR count). The van der Waals surface area contributed by atoms with Crippen molar-refractivity contribution in [3.8, 4) is 5.75 Å². The van der Waals surface area contributed by atoms with E-state index in [1.54, 1.807) is 7.11 Å². The van der Waals surface area contributed by atoms with Crippen LogP contribution < -0.4 is 10.1 Å². The van der Waals surface area contributed by atoms with Crippen molar-refractivity contribution >= 4 is 11.9 Å². The molecule has 0 bridgehead atoms. The Bertz CT molecular complexity index is 579. The number of carbonyl (C=O) groups excluding carboxylic acids is 2. The summed E-state index contributed by atoms with van der Waals surface area (Å²) in [5, 5.41) is 3.02. The molecule has 1 saturated heterocycles. The number of methoxy groups -OCH3 is 1. The van der Waals surface area contributed by atoms with Gasteiger partial charge in [0, 0.05) is 6.54 Å². The maximum absolute atomic E-state index is 12.5. The summed E-state index contributed by atoms with van der Waals surface area (Å²) < 4.78 is 5.18. The predicted octanol–water partition coefficient (Wildman–Crippen LogP) is 3.89. The molecule has 0 radical (unpaired) electrons. The lowest BCUT2D eigenvalue weighted by Crippen LogP contribution is -2.65. The minimum atomic E-state index is -0.336. The smallest absolute Gasteiger partial charge is 0.324 e. The van der Waals surface area contributed by atoms with E-state index in [9.17, 15) is 9.59 Å². The zero-order valence-corrected chi connectivity index (χ0v) is 15.1. The molecular formula is C19H28N2O3. The summed E-state index contributed by atoms with van der Waals surface area (Å²) in [4.78, 5) is 26.2. The Kier molecular flexibility index (Phi) is 5.86. The second kappa shape index (κ2) is 7.69. The summed E-state index contributed by atoms with van der Waals surface area (Å²) in [6.07, 6.45) is 3.33. The summed E-state index contributed by atoms with van der Waals surface area (Å²) >= 11 is 0.